The molecule has 0 aliphatic carbocycles. The van der Waals surface area contributed by atoms with Gasteiger partial charge in [0, 0.05) is 25.2 Å². The normalized spacial score (nSPS) is 17.1. The van der Waals surface area contributed by atoms with Gasteiger partial charge in [-0.2, -0.15) is 0 Å². The smallest absolute Gasteiger partial charge is 0.0615 e. The van der Waals surface area contributed by atoms with Gasteiger partial charge < -0.3 is 15.2 Å². The van der Waals surface area contributed by atoms with E-state index in [4.69, 9.17) is 4.74 Å². The van der Waals surface area contributed by atoms with Crippen molar-refractivity contribution in [2.75, 3.05) is 40.0 Å². The maximum atomic E-state index is 9.44. The second-order valence-electron chi connectivity index (χ2n) is 4.93. The Morgan fingerprint density at radius 2 is 2.06 bits per heavy atom. The Bertz CT molecular complexity index is 190. The van der Waals surface area contributed by atoms with Crippen LogP contribution in [0.3, 0.4) is 0 Å². The van der Waals surface area contributed by atoms with Crippen LogP contribution in [-0.4, -0.2) is 61.5 Å². The number of hydrogen-bond acceptors (Lipinski definition) is 4. The van der Waals surface area contributed by atoms with E-state index in [1.165, 1.54) is 0 Å². The average molecular weight is 246 g/mol. The molecule has 17 heavy (non-hydrogen) atoms. The van der Waals surface area contributed by atoms with Gasteiger partial charge in [0.25, 0.3) is 0 Å². The fraction of sp³-hybridized carbons (Fsp3) is 1.00. The second kappa shape index (κ2) is 8.86. The molecule has 4 heteroatoms. The maximum absolute atomic E-state index is 9.44. The van der Waals surface area contributed by atoms with Gasteiger partial charge >= 0.3 is 0 Å². The van der Waals surface area contributed by atoms with Crippen molar-refractivity contribution in [3.8, 4) is 0 Å². The summed E-state index contributed by atoms with van der Waals surface area (Å²) < 4.78 is 5.19. The van der Waals surface area contributed by atoms with Crippen LogP contribution in [0.1, 0.15) is 34.1 Å². The topological polar surface area (TPSA) is 44.7 Å². The molecule has 0 aromatic rings. The zero-order chi connectivity index (χ0) is 13.3. The van der Waals surface area contributed by atoms with Crippen molar-refractivity contribution in [2.24, 2.45) is 0 Å². The van der Waals surface area contributed by atoms with Crippen molar-refractivity contribution < 1.29 is 9.84 Å². The quantitative estimate of drug-likeness (QED) is 0.606. The predicted molar refractivity (Wildman–Crippen MR) is 72.4 cm³/mol. The SMILES string of the molecule is CCNC(C)(CO)CCN(CC)C(C)COC. The third kappa shape index (κ3) is 6.36. The molecule has 0 amide bonds. The number of hydrogen-bond donors (Lipinski definition) is 2. The van der Waals surface area contributed by atoms with E-state index in [0.29, 0.717) is 6.04 Å². The van der Waals surface area contributed by atoms with Gasteiger partial charge in [0.05, 0.1) is 13.2 Å². The highest BCUT2D eigenvalue weighted by molar-refractivity contribution is 4.83. The zero-order valence-corrected chi connectivity index (χ0v) is 12.1. The first-order chi connectivity index (χ1) is 8.02. The molecule has 0 aromatic heterocycles. The molecule has 0 spiro atoms. The highest BCUT2D eigenvalue weighted by Gasteiger charge is 2.23. The van der Waals surface area contributed by atoms with Crippen LogP contribution in [0.15, 0.2) is 0 Å². The van der Waals surface area contributed by atoms with Gasteiger partial charge in [-0.25, -0.2) is 0 Å². The summed E-state index contributed by atoms with van der Waals surface area (Å²) in [6.07, 6.45) is 0.944. The molecule has 4 nitrogen and oxygen atoms in total. The predicted octanol–water partition coefficient (Wildman–Crippen LogP) is 1.09. The lowest BCUT2D eigenvalue weighted by atomic mass is 9.98. The van der Waals surface area contributed by atoms with Crippen LogP contribution in [0.25, 0.3) is 0 Å². The van der Waals surface area contributed by atoms with Crippen LogP contribution in [0, 0.1) is 0 Å². The monoisotopic (exact) mass is 246 g/mol. The molecule has 0 aromatic carbocycles. The Morgan fingerprint density at radius 1 is 1.41 bits per heavy atom. The number of aliphatic hydroxyl groups is 1. The first kappa shape index (κ1) is 16.8. The minimum atomic E-state index is -0.172. The van der Waals surface area contributed by atoms with Crippen molar-refractivity contribution >= 4 is 0 Å². The van der Waals surface area contributed by atoms with Gasteiger partial charge in [0.1, 0.15) is 0 Å². The molecule has 104 valence electrons. The maximum Gasteiger partial charge on any atom is 0.0615 e. The summed E-state index contributed by atoms with van der Waals surface area (Å²) in [7, 11) is 1.74. The molecule has 0 aliphatic rings. The van der Waals surface area contributed by atoms with Gasteiger partial charge in [0.2, 0.25) is 0 Å². The van der Waals surface area contributed by atoms with Gasteiger partial charge in [-0.15, -0.1) is 0 Å². The van der Waals surface area contributed by atoms with E-state index in [1.54, 1.807) is 7.11 Å². The summed E-state index contributed by atoms with van der Waals surface area (Å²) in [5.74, 6) is 0. The molecule has 0 bridgehead atoms. The number of methoxy groups -OCH3 is 1. The van der Waals surface area contributed by atoms with Gasteiger partial charge in [-0.1, -0.05) is 13.8 Å². The summed E-state index contributed by atoms with van der Waals surface area (Å²) in [5, 5.41) is 12.8. The van der Waals surface area contributed by atoms with Crippen LogP contribution in [0.2, 0.25) is 0 Å². The summed E-state index contributed by atoms with van der Waals surface area (Å²) in [4.78, 5) is 2.38. The van der Waals surface area contributed by atoms with E-state index in [-0.39, 0.29) is 12.1 Å². The van der Waals surface area contributed by atoms with E-state index < -0.39 is 0 Å². The highest BCUT2D eigenvalue weighted by atomic mass is 16.5. The van der Waals surface area contributed by atoms with Crippen LogP contribution in [0.5, 0.6) is 0 Å². The van der Waals surface area contributed by atoms with Crippen molar-refractivity contribution in [2.45, 2.75) is 45.7 Å². The minimum Gasteiger partial charge on any atom is -0.394 e. The zero-order valence-electron chi connectivity index (χ0n) is 12.1. The lowest BCUT2D eigenvalue weighted by molar-refractivity contribution is 0.0870. The Morgan fingerprint density at radius 3 is 2.47 bits per heavy atom. The molecule has 0 heterocycles. The Hall–Kier alpha value is -0.160. The molecule has 0 saturated heterocycles. The first-order valence-corrected chi connectivity index (χ1v) is 6.61. The van der Waals surface area contributed by atoms with E-state index in [2.05, 4.69) is 37.9 Å². The molecule has 2 N–H and O–H groups in total. The third-order valence-corrected chi connectivity index (χ3v) is 3.34. The van der Waals surface area contributed by atoms with Crippen molar-refractivity contribution in [1.82, 2.24) is 10.2 Å². The van der Waals surface area contributed by atoms with Crippen LogP contribution in [-0.2, 0) is 4.74 Å². The lowest BCUT2D eigenvalue weighted by Gasteiger charge is -2.33. The van der Waals surface area contributed by atoms with Crippen LogP contribution < -0.4 is 5.32 Å². The lowest BCUT2D eigenvalue weighted by Crippen LogP contribution is -2.49. The fourth-order valence-corrected chi connectivity index (χ4v) is 2.08. The van der Waals surface area contributed by atoms with Crippen molar-refractivity contribution in [3.05, 3.63) is 0 Å². The van der Waals surface area contributed by atoms with Gasteiger partial charge in [-0.05, 0) is 33.4 Å². The van der Waals surface area contributed by atoms with Crippen LogP contribution in [0.4, 0.5) is 0 Å². The summed E-state index contributed by atoms with van der Waals surface area (Å²) >= 11 is 0. The van der Waals surface area contributed by atoms with E-state index in [9.17, 15) is 5.11 Å². The first-order valence-electron chi connectivity index (χ1n) is 6.61. The Labute approximate surface area is 106 Å². The van der Waals surface area contributed by atoms with E-state index in [1.807, 2.05) is 0 Å². The molecule has 0 radical (unpaired) electrons. The van der Waals surface area contributed by atoms with Crippen molar-refractivity contribution in [1.29, 1.82) is 0 Å². The Kier molecular flexibility index (Phi) is 8.78. The van der Waals surface area contributed by atoms with Crippen molar-refractivity contribution in [3.63, 3.8) is 0 Å². The molecular weight excluding hydrogens is 216 g/mol. The van der Waals surface area contributed by atoms with E-state index >= 15 is 0 Å². The largest absolute Gasteiger partial charge is 0.394 e. The van der Waals surface area contributed by atoms with E-state index in [0.717, 1.165) is 32.7 Å². The number of ether oxygens (including phenoxy) is 1. The molecular formula is C13H30N2O2. The third-order valence-electron chi connectivity index (χ3n) is 3.34. The molecule has 2 atom stereocenters. The molecule has 2 unspecified atom stereocenters. The number of rotatable bonds is 10. The molecule has 0 fully saturated rings. The summed E-state index contributed by atoms with van der Waals surface area (Å²) in [6, 6.07) is 0.426. The minimum absolute atomic E-state index is 0.172. The standard InChI is InChI=1S/C13H30N2O2/c1-6-14-13(4,11-16)8-9-15(7-2)12(3)10-17-5/h12,14,16H,6-11H2,1-5H3. The Balaban J connectivity index is 4.19. The van der Waals surface area contributed by atoms with Gasteiger partial charge in [0.15, 0.2) is 0 Å². The average Bonchev–Trinajstić information content (AvgIpc) is 2.30. The second-order valence-corrected chi connectivity index (χ2v) is 4.93. The molecule has 0 saturated carbocycles. The number of nitrogens with one attached hydrogen (secondary N) is 1. The fourth-order valence-electron chi connectivity index (χ4n) is 2.08. The number of nitrogens with zero attached hydrogens (tertiary/aromatic N) is 1. The summed E-state index contributed by atoms with van der Waals surface area (Å²) in [6.45, 7) is 12.3. The molecule has 0 aliphatic heterocycles. The van der Waals surface area contributed by atoms with Gasteiger partial charge in [-0.3, -0.25) is 4.90 Å². The highest BCUT2D eigenvalue weighted by Crippen LogP contribution is 2.11. The van der Waals surface area contributed by atoms with Crippen LogP contribution >= 0.6 is 0 Å². The number of likely N-dealkylation sites (N-methyl/N-ethyl adjacent to an activating group) is 2. The number of aliphatic hydroxyl groups excluding tert-OH is 1. The summed E-state index contributed by atoms with van der Waals surface area (Å²) in [5.41, 5.74) is -0.172. The molecule has 0 rings (SSSR count).